The maximum atomic E-state index is 12.3. The zero-order valence-electron chi connectivity index (χ0n) is 12.4. The quantitative estimate of drug-likeness (QED) is 0.748. The lowest BCUT2D eigenvalue weighted by Gasteiger charge is -2.22. The normalized spacial score (nSPS) is 15.3. The third-order valence-corrected chi connectivity index (χ3v) is 3.91. The van der Waals surface area contributed by atoms with Gasteiger partial charge in [0.05, 0.1) is 0 Å². The zero-order valence-corrected chi connectivity index (χ0v) is 13.3. The SMILES string of the molecule is CCNC(=S)Nc1cccc(C(=O)NC2CCCCC2)c1. The van der Waals surface area contributed by atoms with E-state index in [0.717, 1.165) is 25.1 Å². The zero-order chi connectivity index (χ0) is 15.1. The number of carbonyl (C=O) groups excluding carboxylic acids is 1. The van der Waals surface area contributed by atoms with Gasteiger partial charge in [-0.25, -0.2) is 0 Å². The van der Waals surface area contributed by atoms with Crippen LogP contribution in [-0.4, -0.2) is 23.6 Å². The van der Waals surface area contributed by atoms with Gasteiger partial charge in [-0.3, -0.25) is 4.79 Å². The molecule has 1 aromatic rings. The molecule has 1 aliphatic rings. The van der Waals surface area contributed by atoms with Gasteiger partial charge in [0.25, 0.3) is 5.91 Å². The standard InChI is InChI=1S/C16H23N3OS/c1-2-17-16(21)19-14-10-6-7-12(11-14)15(20)18-13-8-4-3-5-9-13/h6-7,10-11,13H,2-5,8-9H2,1H3,(H,18,20)(H2,17,19,21). The van der Waals surface area contributed by atoms with E-state index in [0.29, 0.717) is 16.7 Å². The second-order valence-corrected chi connectivity index (χ2v) is 5.78. The van der Waals surface area contributed by atoms with Gasteiger partial charge in [-0.1, -0.05) is 25.3 Å². The van der Waals surface area contributed by atoms with Crippen molar-refractivity contribution in [3.63, 3.8) is 0 Å². The fourth-order valence-corrected chi connectivity index (χ4v) is 2.85. The lowest BCUT2D eigenvalue weighted by atomic mass is 9.95. The Labute approximate surface area is 131 Å². The molecule has 21 heavy (non-hydrogen) atoms. The van der Waals surface area contributed by atoms with Crippen molar-refractivity contribution in [2.75, 3.05) is 11.9 Å². The van der Waals surface area contributed by atoms with Crippen molar-refractivity contribution >= 4 is 28.9 Å². The third kappa shape index (κ3) is 5.01. The van der Waals surface area contributed by atoms with E-state index in [1.54, 1.807) is 0 Å². The first kappa shape index (κ1) is 15.8. The molecule has 0 spiro atoms. The number of hydrogen-bond acceptors (Lipinski definition) is 2. The Bertz CT molecular complexity index is 498. The van der Waals surface area contributed by atoms with Gasteiger partial charge in [0.15, 0.2) is 5.11 Å². The molecule has 1 amide bonds. The van der Waals surface area contributed by atoms with Gasteiger partial charge in [-0.2, -0.15) is 0 Å². The second-order valence-electron chi connectivity index (χ2n) is 5.37. The minimum absolute atomic E-state index is 0.0000749. The van der Waals surface area contributed by atoms with Crippen molar-refractivity contribution in [3.8, 4) is 0 Å². The molecular weight excluding hydrogens is 282 g/mol. The molecule has 114 valence electrons. The highest BCUT2D eigenvalue weighted by molar-refractivity contribution is 7.80. The van der Waals surface area contributed by atoms with E-state index < -0.39 is 0 Å². The summed E-state index contributed by atoms with van der Waals surface area (Å²) >= 11 is 5.15. The highest BCUT2D eigenvalue weighted by atomic mass is 32.1. The van der Waals surface area contributed by atoms with Crippen molar-refractivity contribution in [1.82, 2.24) is 10.6 Å². The number of benzene rings is 1. The molecule has 0 aromatic heterocycles. The Kier molecular flexibility index (Phi) is 5.99. The Morgan fingerprint density at radius 2 is 2.05 bits per heavy atom. The topological polar surface area (TPSA) is 53.2 Å². The molecular formula is C16H23N3OS. The molecule has 1 saturated carbocycles. The molecule has 0 atom stereocenters. The molecule has 1 fully saturated rings. The monoisotopic (exact) mass is 305 g/mol. The predicted molar refractivity (Wildman–Crippen MR) is 90.7 cm³/mol. The van der Waals surface area contributed by atoms with E-state index in [4.69, 9.17) is 12.2 Å². The minimum atomic E-state index is -0.0000749. The number of carbonyl (C=O) groups is 1. The molecule has 1 aliphatic carbocycles. The Balaban J connectivity index is 1.95. The summed E-state index contributed by atoms with van der Waals surface area (Å²) in [5.41, 5.74) is 1.50. The van der Waals surface area contributed by atoms with Gasteiger partial charge in [-0.05, 0) is 50.2 Å². The summed E-state index contributed by atoms with van der Waals surface area (Å²) in [6, 6.07) is 7.76. The fraction of sp³-hybridized carbons (Fsp3) is 0.500. The van der Waals surface area contributed by atoms with Crippen LogP contribution in [0.4, 0.5) is 5.69 Å². The highest BCUT2D eigenvalue weighted by Gasteiger charge is 2.16. The summed E-state index contributed by atoms with van der Waals surface area (Å²) in [7, 11) is 0. The number of hydrogen-bond donors (Lipinski definition) is 3. The molecule has 2 rings (SSSR count). The molecule has 5 heteroatoms. The summed E-state index contributed by atoms with van der Waals surface area (Å²) in [4.78, 5) is 12.3. The minimum Gasteiger partial charge on any atom is -0.363 e. The molecule has 0 bridgehead atoms. The van der Waals surface area contributed by atoms with Crippen LogP contribution < -0.4 is 16.0 Å². The Hall–Kier alpha value is -1.62. The van der Waals surface area contributed by atoms with Crippen molar-refractivity contribution in [2.24, 2.45) is 0 Å². The van der Waals surface area contributed by atoms with E-state index >= 15 is 0 Å². The van der Waals surface area contributed by atoms with Crippen LogP contribution in [0.3, 0.4) is 0 Å². The number of thiocarbonyl (C=S) groups is 1. The van der Waals surface area contributed by atoms with Crippen LogP contribution in [0.1, 0.15) is 49.4 Å². The first-order valence-electron chi connectivity index (χ1n) is 7.65. The fourth-order valence-electron chi connectivity index (χ4n) is 2.59. The summed E-state index contributed by atoms with van der Waals surface area (Å²) in [6.07, 6.45) is 5.89. The van der Waals surface area contributed by atoms with Crippen molar-refractivity contribution in [1.29, 1.82) is 0 Å². The summed E-state index contributed by atoms with van der Waals surface area (Å²) < 4.78 is 0. The lowest BCUT2D eigenvalue weighted by Crippen LogP contribution is -2.36. The second kappa shape index (κ2) is 7.98. The third-order valence-electron chi connectivity index (χ3n) is 3.66. The largest absolute Gasteiger partial charge is 0.363 e. The molecule has 0 unspecified atom stereocenters. The van der Waals surface area contributed by atoms with Crippen LogP contribution in [0.25, 0.3) is 0 Å². The summed E-state index contributed by atoms with van der Waals surface area (Å²) in [5.74, 6) is -0.0000749. The number of amides is 1. The van der Waals surface area contributed by atoms with Gasteiger partial charge < -0.3 is 16.0 Å². The van der Waals surface area contributed by atoms with Crippen molar-refractivity contribution < 1.29 is 4.79 Å². The predicted octanol–water partition coefficient (Wildman–Crippen LogP) is 3.06. The number of nitrogens with one attached hydrogen (secondary N) is 3. The van der Waals surface area contributed by atoms with E-state index in [1.165, 1.54) is 19.3 Å². The van der Waals surface area contributed by atoms with E-state index in [2.05, 4.69) is 16.0 Å². The lowest BCUT2D eigenvalue weighted by molar-refractivity contribution is 0.0928. The highest BCUT2D eigenvalue weighted by Crippen LogP contribution is 2.18. The molecule has 0 aliphatic heterocycles. The van der Waals surface area contributed by atoms with Crippen LogP contribution in [0, 0.1) is 0 Å². The van der Waals surface area contributed by atoms with Gasteiger partial charge in [0.2, 0.25) is 0 Å². The van der Waals surface area contributed by atoms with Gasteiger partial charge in [0, 0.05) is 23.8 Å². The van der Waals surface area contributed by atoms with E-state index in [1.807, 2.05) is 31.2 Å². The van der Waals surface area contributed by atoms with Gasteiger partial charge in [-0.15, -0.1) is 0 Å². The molecule has 1 aromatic carbocycles. The summed E-state index contributed by atoms with van der Waals surface area (Å²) in [5, 5.41) is 9.81. The van der Waals surface area contributed by atoms with Crippen LogP contribution in [0.15, 0.2) is 24.3 Å². The van der Waals surface area contributed by atoms with Crippen LogP contribution in [-0.2, 0) is 0 Å². The Morgan fingerprint density at radius 3 is 2.76 bits per heavy atom. The average Bonchev–Trinajstić information content (AvgIpc) is 2.48. The van der Waals surface area contributed by atoms with E-state index in [9.17, 15) is 4.79 Å². The number of anilines is 1. The molecule has 3 N–H and O–H groups in total. The molecule has 0 heterocycles. The Morgan fingerprint density at radius 1 is 1.29 bits per heavy atom. The first-order chi connectivity index (χ1) is 10.2. The molecule has 0 radical (unpaired) electrons. The smallest absolute Gasteiger partial charge is 0.251 e. The first-order valence-corrected chi connectivity index (χ1v) is 8.05. The maximum absolute atomic E-state index is 12.3. The number of rotatable bonds is 4. The van der Waals surface area contributed by atoms with Crippen LogP contribution in [0.5, 0.6) is 0 Å². The van der Waals surface area contributed by atoms with Gasteiger partial charge in [0.1, 0.15) is 0 Å². The average molecular weight is 305 g/mol. The maximum Gasteiger partial charge on any atom is 0.251 e. The summed E-state index contributed by atoms with van der Waals surface area (Å²) in [6.45, 7) is 2.76. The van der Waals surface area contributed by atoms with Crippen LogP contribution in [0.2, 0.25) is 0 Å². The molecule has 4 nitrogen and oxygen atoms in total. The van der Waals surface area contributed by atoms with Crippen LogP contribution >= 0.6 is 12.2 Å². The van der Waals surface area contributed by atoms with E-state index in [-0.39, 0.29) is 5.91 Å². The van der Waals surface area contributed by atoms with Gasteiger partial charge >= 0.3 is 0 Å². The molecule has 0 saturated heterocycles. The van der Waals surface area contributed by atoms with Crippen molar-refractivity contribution in [2.45, 2.75) is 45.1 Å². The van der Waals surface area contributed by atoms with Crippen molar-refractivity contribution in [3.05, 3.63) is 29.8 Å².